The molecule has 0 bridgehead atoms. The van der Waals surface area contributed by atoms with Crippen LogP contribution in [0.2, 0.25) is 0 Å². The normalized spacial score (nSPS) is 18.7. The molecule has 15 heavy (non-hydrogen) atoms. The second-order valence-corrected chi connectivity index (χ2v) is 4.42. The lowest BCUT2D eigenvalue weighted by molar-refractivity contribution is 0.912. The first-order chi connectivity index (χ1) is 7.13. The first-order valence-corrected chi connectivity index (χ1v) is 5.84. The predicted molar refractivity (Wildman–Crippen MR) is 68.9 cm³/mol. The van der Waals surface area contributed by atoms with Crippen LogP contribution < -0.4 is 0 Å². The van der Waals surface area contributed by atoms with Crippen molar-refractivity contribution in [3.63, 3.8) is 0 Å². The van der Waals surface area contributed by atoms with Crippen LogP contribution in [0.1, 0.15) is 47.0 Å². The van der Waals surface area contributed by atoms with Crippen molar-refractivity contribution in [1.82, 2.24) is 0 Å². The van der Waals surface area contributed by atoms with Gasteiger partial charge >= 0.3 is 0 Å². The molecule has 1 aliphatic carbocycles. The summed E-state index contributed by atoms with van der Waals surface area (Å²) in [6.45, 7) is 8.79. The summed E-state index contributed by atoms with van der Waals surface area (Å²) in [4.78, 5) is 0. The minimum atomic E-state index is 1.14. The number of rotatable bonds is 3. The molecular weight excluding hydrogens is 180 g/mol. The molecule has 0 aromatic carbocycles. The fourth-order valence-corrected chi connectivity index (χ4v) is 1.56. The largest absolute Gasteiger partial charge is 0.0736 e. The van der Waals surface area contributed by atoms with Gasteiger partial charge in [0, 0.05) is 0 Å². The molecule has 0 N–H and O–H groups in total. The van der Waals surface area contributed by atoms with Gasteiger partial charge in [0.15, 0.2) is 0 Å². The number of hydrogen-bond acceptors (Lipinski definition) is 0. The van der Waals surface area contributed by atoms with Crippen molar-refractivity contribution in [2.75, 3.05) is 0 Å². The minimum absolute atomic E-state index is 1.14. The van der Waals surface area contributed by atoms with Crippen LogP contribution in [-0.4, -0.2) is 0 Å². The summed E-state index contributed by atoms with van der Waals surface area (Å²) in [6, 6.07) is 0. The Kier molecular flexibility index (Phi) is 4.61. The van der Waals surface area contributed by atoms with Crippen LogP contribution in [-0.2, 0) is 0 Å². The summed E-state index contributed by atoms with van der Waals surface area (Å²) in [6.07, 6.45) is 12.5. The molecule has 0 amide bonds. The Labute approximate surface area is 94.1 Å². The lowest BCUT2D eigenvalue weighted by Gasteiger charge is -2.12. The van der Waals surface area contributed by atoms with Gasteiger partial charge in [0.25, 0.3) is 0 Å². The van der Waals surface area contributed by atoms with Crippen molar-refractivity contribution < 1.29 is 0 Å². The first-order valence-electron chi connectivity index (χ1n) is 5.84. The maximum atomic E-state index is 2.26. The van der Waals surface area contributed by atoms with E-state index >= 15 is 0 Å². The average Bonchev–Trinajstić information content (AvgIpc) is 2.26. The fourth-order valence-electron chi connectivity index (χ4n) is 1.56. The molecule has 82 valence electrons. The standard InChI is InChI=1S/C15H22/c1-5-12(2)6-9-14(4)15-10-7-13(3)8-11-15/h6-7,9-10H,5,8,11H2,1-4H3/b12-6-,14-9+. The smallest absolute Gasteiger partial charge is 0.0239 e. The molecule has 0 spiro atoms. The second-order valence-electron chi connectivity index (χ2n) is 4.42. The van der Waals surface area contributed by atoms with Gasteiger partial charge in [-0.15, -0.1) is 0 Å². The van der Waals surface area contributed by atoms with E-state index in [2.05, 4.69) is 52.0 Å². The molecule has 0 heterocycles. The maximum Gasteiger partial charge on any atom is -0.0239 e. The molecule has 0 aromatic rings. The van der Waals surface area contributed by atoms with Gasteiger partial charge in [-0.3, -0.25) is 0 Å². The maximum absolute atomic E-state index is 2.26. The van der Waals surface area contributed by atoms with Crippen LogP contribution in [0.15, 0.2) is 46.6 Å². The van der Waals surface area contributed by atoms with Crippen LogP contribution >= 0.6 is 0 Å². The van der Waals surface area contributed by atoms with Crippen molar-refractivity contribution in [2.24, 2.45) is 0 Å². The Balaban J connectivity index is 2.73. The van der Waals surface area contributed by atoms with Gasteiger partial charge in [0.2, 0.25) is 0 Å². The Hall–Kier alpha value is -1.04. The van der Waals surface area contributed by atoms with Crippen LogP contribution in [0.25, 0.3) is 0 Å². The highest BCUT2D eigenvalue weighted by atomic mass is 14.1. The van der Waals surface area contributed by atoms with Crippen molar-refractivity contribution in [3.05, 3.63) is 46.6 Å². The highest BCUT2D eigenvalue weighted by Gasteiger charge is 2.03. The zero-order valence-electron chi connectivity index (χ0n) is 10.4. The molecule has 0 radical (unpaired) electrons. The highest BCUT2D eigenvalue weighted by Crippen LogP contribution is 2.23. The van der Waals surface area contributed by atoms with E-state index < -0.39 is 0 Å². The topological polar surface area (TPSA) is 0 Å². The summed E-state index contributed by atoms with van der Waals surface area (Å²) in [5.41, 5.74) is 5.83. The molecule has 0 saturated heterocycles. The SMILES string of the molecule is CC/C(C)=C\C=C(/C)C1=CC=C(C)CC1. The van der Waals surface area contributed by atoms with Crippen molar-refractivity contribution in [1.29, 1.82) is 0 Å². The monoisotopic (exact) mass is 202 g/mol. The molecular formula is C15H22. The van der Waals surface area contributed by atoms with Gasteiger partial charge in [0.05, 0.1) is 0 Å². The zero-order chi connectivity index (χ0) is 11.3. The van der Waals surface area contributed by atoms with E-state index in [1.165, 1.54) is 35.1 Å². The summed E-state index contributed by atoms with van der Waals surface area (Å²) in [5, 5.41) is 0. The number of allylic oxidation sites excluding steroid dienone is 8. The van der Waals surface area contributed by atoms with E-state index in [9.17, 15) is 0 Å². The van der Waals surface area contributed by atoms with Crippen molar-refractivity contribution >= 4 is 0 Å². The Morgan fingerprint density at radius 2 is 1.93 bits per heavy atom. The number of hydrogen-bond donors (Lipinski definition) is 0. The summed E-state index contributed by atoms with van der Waals surface area (Å²) >= 11 is 0. The molecule has 0 aliphatic heterocycles. The van der Waals surface area contributed by atoms with E-state index in [1.54, 1.807) is 0 Å². The molecule has 1 aliphatic rings. The van der Waals surface area contributed by atoms with E-state index in [1.807, 2.05) is 0 Å². The molecule has 0 aromatic heterocycles. The summed E-state index contributed by atoms with van der Waals surface area (Å²) in [7, 11) is 0. The minimum Gasteiger partial charge on any atom is -0.0736 e. The Bertz CT molecular complexity index is 335. The van der Waals surface area contributed by atoms with E-state index in [0.29, 0.717) is 0 Å². The zero-order valence-corrected chi connectivity index (χ0v) is 10.4. The highest BCUT2D eigenvalue weighted by molar-refractivity contribution is 5.38. The van der Waals surface area contributed by atoms with Crippen molar-refractivity contribution in [3.8, 4) is 0 Å². The third-order valence-electron chi connectivity index (χ3n) is 3.04. The molecule has 0 unspecified atom stereocenters. The molecule has 1 rings (SSSR count). The van der Waals surface area contributed by atoms with E-state index in [4.69, 9.17) is 0 Å². The lowest BCUT2D eigenvalue weighted by atomic mass is 9.94. The van der Waals surface area contributed by atoms with Crippen LogP contribution in [0.5, 0.6) is 0 Å². The molecule has 0 nitrogen and oxygen atoms in total. The van der Waals surface area contributed by atoms with E-state index in [-0.39, 0.29) is 0 Å². The van der Waals surface area contributed by atoms with Gasteiger partial charge in [-0.1, -0.05) is 42.4 Å². The molecule has 0 saturated carbocycles. The summed E-state index contributed by atoms with van der Waals surface area (Å²) < 4.78 is 0. The van der Waals surface area contributed by atoms with Gasteiger partial charge in [0.1, 0.15) is 0 Å². The second kappa shape index (κ2) is 5.75. The third kappa shape index (κ3) is 3.91. The Morgan fingerprint density at radius 3 is 2.47 bits per heavy atom. The van der Waals surface area contributed by atoms with Gasteiger partial charge < -0.3 is 0 Å². The average molecular weight is 202 g/mol. The van der Waals surface area contributed by atoms with Crippen LogP contribution in [0.4, 0.5) is 0 Å². The molecule has 0 heteroatoms. The molecule has 0 atom stereocenters. The lowest BCUT2D eigenvalue weighted by Crippen LogP contribution is -1.92. The van der Waals surface area contributed by atoms with Gasteiger partial charge in [-0.25, -0.2) is 0 Å². The van der Waals surface area contributed by atoms with Crippen LogP contribution in [0.3, 0.4) is 0 Å². The van der Waals surface area contributed by atoms with E-state index in [0.717, 1.165) is 6.42 Å². The molecule has 0 fully saturated rings. The van der Waals surface area contributed by atoms with Crippen LogP contribution in [0, 0.1) is 0 Å². The Morgan fingerprint density at radius 1 is 1.20 bits per heavy atom. The third-order valence-corrected chi connectivity index (χ3v) is 3.04. The fraction of sp³-hybridized carbons (Fsp3) is 0.467. The first kappa shape index (κ1) is 12.0. The predicted octanol–water partition coefficient (Wildman–Crippen LogP) is 4.96. The van der Waals surface area contributed by atoms with Gasteiger partial charge in [-0.2, -0.15) is 0 Å². The quantitative estimate of drug-likeness (QED) is 0.568. The van der Waals surface area contributed by atoms with Crippen molar-refractivity contribution in [2.45, 2.75) is 47.0 Å². The summed E-state index contributed by atoms with van der Waals surface area (Å²) in [5.74, 6) is 0. The van der Waals surface area contributed by atoms with Gasteiger partial charge in [-0.05, 0) is 51.2 Å².